The quantitative estimate of drug-likeness (QED) is 0.811. The minimum atomic E-state index is -0.236. The van der Waals surface area contributed by atoms with Crippen molar-refractivity contribution < 1.29 is 9.13 Å². The van der Waals surface area contributed by atoms with Gasteiger partial charge in [0, 0.05) is 12.1 Å². The number of para-hydroxylation sites is 1. The van der Waals surface area contributed by atoms with Crippen molar-refractivity contribution in [1.29, 1.82) is 0 Å². The maximum absolute atomic E-state index is 14.0. The van der Waals surface area contributed by atoms with Crippen LogP contribution in [0, 0.1) is 5.82 Å². The molecule has 0 unspecified atom stereocenters. The Balaban J connectivity index is 2.08. The predicted octanol–water partition coefficient (Wildman–Crippen LogP) is 4.04. The molecule has 1 fully saturated rings. The molecule has 0 spiro atoms. The maximum atomic E-state index is 14.0. The highest BCUT2D eigenvalue weighted by Gasteiger charge is 2.17. The van der Waals surface area contributed by atoms with Gasteiger partial charge in [-0.15, -0.1) is 0 Å². The van der Waals surface area contributed by atoms with E-state index in [1.54, 1.807) is 6.07 Å². The lowest BCUT2D eigenvalue weighted by Crippen LogP contribution is -2.19. The number of hydrogen-bond donors (Lipinski definition) is 1. The smallest absolute Gasteiger partial charge is 0.165 e. The molecule has 0 amide bonds. The molecule has 3 heteroatoms. The monoisotopic (exact) mass is 265 g/mol. The van der Waals surface area contributed by atoms with Crippen molar-refractivity contribution in [3.05, 3.63) is 29.6 Å². The second-order valence-electron chi connectivity index (χ2n) is 5.24. The van der Waals surface area contributed by atoms with Gasteiger partial charge in [0.2, 0.25) is 0 Å². The average Bonchev–Trinajstić information content (AvgIpc) is 2.68. The molecule has 0 aromatic heterocycles. The molecule has 1 N–H and O–H groups in total. The van der Waals surface area contributed by atoms with Crippen LogP contribution in [0.2, 0.25) is 0 Å². The Labute approximate surface area is 115 Å². The highest BCUT2D eigenvalue weighted by atomic mass is 19.1. The lowest BCUT2D eigenvalue weighted by atomic mass is 10.1. The van der Waals surface area contributed by atoms with Crippen LogP contribution in [-0.4, -0.2) is 12.6 Å². The van der Waals surface area contributed by atoms with Crippen molar-refractivity contribution in [1.82, 2.24) is 5.32 Å². The molecule has 0 saturated heterocycles. The van der Waals surface area contributed by atoms with Gasteiger partial charge in [-0.25, -0.2) is 4.39 Å². The van der Waals surface area contributed by atoms with Crippen LogP contribution in [0.5, 0.6) is 5.75 Å². The van der Waals surface area contributed by atoms with E-state index in [9.17, 15) is 4.39 Å². The zero-order valence-corrected chi connectivity index (χ0v) is 11.8. The van der Waals surface area contributed by atoms with Crippen LogP contribution in [0.3, 0.4) is 0 Å². The molecule has 19 heavy (non-hydrogen) atoms. The molecule has 0 bridgehead atoms. The fraction of sp³-hybridized carbons (Fsp3) is 0.625. The molecule has 2 rings (SSSR count). The van der Waals surface area contributed by atoms with Gasteiger partial charge >= 0.3 is 0 Å². The molecule has 1 aromatic carbocycles. The van der Waals surface area contributed by atoms with Crippen LogP contribution in [-0.2, 0) is 6.54 Å². The molecule has 1 aliphatic carbocycles. The Hall–Kier alpha value is -1.09. The molecule has 1 aromatic rings. The third kappa shape index (κ3) is 4.20. The minimum Gasteiger partial charge on any atom is -0.487 e. The third-order valence-corrected chi connectivity index (χ3v) is 3.70. The second kappa shape index (κ2) is 7.49. The molecule has 1 saturated carbocycles. The van der Waals surface area contributed by atoms with Crippen LogP contribution >= 0.6 is 0 Å². The fourth-order valence-corrected chi connectivity index (χ4v) is 2.61. The van der Waals surface area contributed by atoms with Gasteiger partial charge in [0.05, 0.1) is 6.10 Å². The molecule has 0 radical (unpaired) electrons. The molecule has 0 atom stereocenters. The van der Waals surface area contributed by atoms with Gasteiger partial charge in [-0.2, -0.15) is 0 Å². The van der Waals surface area contributed by atoms with Gasteiger partial charge in [0.15, 0.2) is 11.6 Å². The number of halogens is 1. The van der Waals surface area contributed by atoms with Gasteiger partial charge in [0.25, 0.3) is 0 Å². The van der Waals surface area contributed by atoms with E-state index in [-0.39, 0.29) is 11.9 Å². The molecule has 106 valence electrons. The number of nitrogens with one attached hydrogen (secondary N) is 1. The summed E-state index contributed by atoms with van der Waals surface area (Å²) >= 11 is 0. The summed E-state index contributed by atoms with van der Waals surface area (Å²) in [6.45, 7) is 3.58. The molecule has 0 heterocycles. The van der Waals surface area contributed by atoms with Crippen molar-refractivity contribution in [3.8, 4) is 5.75 Å². The normalized spacial score (nSPS) is 17.2. The summed E-state index contributed by atoms with van der Waals surface area (Å²) in [6.07, 6.45) is 7.23. The van der Waals surface area contributed by atoms with E-state index in [0.29, 0.717) is 12.3 Å². The van der Waals surface area contributed by atoms with Crippen molar-refractivity contribution in [2.75, 3.05) is 6.54 Å². The van der Waals surface area contributed by atoms with Crippen molar-refractivity contribution >= 4 is 0 Å². The third-order valence-electron chi connectivity index (χ3n) is 3.70. The van der Waals surface area contributed by atoms with E-state index < -0.39 is 0 Å². The second-order valence-corrected chi connectivity index (χ2v) is 5.24. The molecular weight excluding hydrogens is 241 g/mol. The molecule has 0 aliphatic heterocycles. The minimum absolute atomic E-state index is 0.180. The van der Waals surface area contributed by atoms with E-state index in [1.165, 1.54) is 31.7 Å². The Bertz CT molecular complexity index is 386. The molecule has 1 aliphatic rings. The van der Waals surface area contributed by atoms with Gasteiger partial charge in [-0.05, 0) is 38.3 Å². The Morgan fingerprint density at radius 2 is 1.95 bits per heavy atom. The largest absolute Gasteiger partial charge is 0.487 e. The van der Waals surface area contributed by atoms with Crippen molar-refractivity contribution in [2.24, 2.45) is 0 Å². The van der Waals surface area contributed by atoms with E-state index in [4.69, 9.17) is 4.74 Å². The number of hydrogen-bond acceptors (Lipinski definition) is 2. The highest BCUT2D eigenvalue weighted by molar-refractivity contribution is 5.35. The first-order chi connectivity index (χ1) is 9.31. The standard InChI is InChI=1S/C16H24FNO/c1-2-18-12-13-8-7-11-15(17)16(13)19-14-9-5-3-4-6-10-14/h7-8,11,14,18H,2-6,9-10,12H2,1H3. The SMILES string of the molecule is CCNCc1cccc(F)c1OC1CCCCCC1. The Kier molecular flexibility index (Phi) is 5.64. The summed E-state index contributed by atoms with van der Waals surface area (Å²) in [5, 5.41) is 3.24. The van der Waals surface area contributed by atoms with Gasteiger partial charge < -0.3 is 10.1 Å². The van der Waals surface area contributed by atoms with Gasteiger partial charge in [-0.1, -0.05) is 31.9 Å². The summed E-state index contributed by atoms with van der Waals surface area (Å²) < 4.78 is 20.0. The number of benzene rings is 1. The fourth-order valence-electron chi connectivity index (χ4n) is 2.61. The topological polar surface area (TPSA) is 21.3 Å². The number of ether oxygens (including phenoxy) is 1. The Morgan fingerprint density at radius 1 is 1.21 bits per heavy atom. The maximum Gasteiger partial charge on any atom is 0.165 e. The van der Waals surface area contributed by atoms with Gasteiger partial charge in [0.1, 0.15) is 0 Å². The predicted molar refractivity (Wildman–Crippen MR) is 75.9 cm³/mol. The summed E-state index contributed by atoms with van der Waals surface area (Å²) in [5.74, 6) is 0.218. The lowest BCUT2D eigenvalue weighted by Gasteiger charge is -2.20. The summed E-state index contributed by atoms with van der Waals surface area (Å²) in [4.78, 5) is 0. The van der Waals surface area contributed by atoms with E-state index in [0.717, 1.165) is 24.9 Å². The van der Waals surface area contributed by atoms with Crippen LogP contribution < -0.4 is 10.1 Å². The summed E-state index contributed by atoms with van der Waals surface area (Å²) in [5.41, 5.74) is 0.922. The van der Waals surface area contributed by atoms with Crippen LogP contribution in [0.15, 0.2) is 18.2 Å². The summed E-state index contributed by atoms with van der Waals surface area (Å²) in [7, 11) is 0. The first kappa shape index (κ1) is 14.3. The average molecular weight is 265 g/mol. The first-order valence-corrected chi connectivity index (χ1v) is 7.46. The van der Waals surface area contributed by atoms with E-state index in [1.807, 2.05) is 13.0 Å². The zero-order valence-electron chi connectivity index (χ0n) is 11.8. The van der Waals surface area contributed by atoms with Crippen molar-refractivity contribution in [3.63, 3.8) is 0 Å². The molecule has 2 nitrogen and oxygen atoms in total. The van der Waals surface area contributed by atoms with Crippen LogP contribution in [0.1, 0.15) is 51.0 Å². The number of rotatable bonds is 5. The summed E-state index contributed by atoms with van der Waals surface area (Å²) in [6, 6.07) is 5.18. The van der Waals surface area contributed by atoms with E-state index in [2.05, 4.69) is 5.32 Å². The Morgan fingerprint density at radius 3 is 2.63 bits per heavy atom. The highest BCUT2D eigenvalue weighted by Crippen LogP contribution is 2.28. The van der Waals surface area contributed by atoms with Crippen LogP contribution in [0.25, 0.3) is 0 Å². The lowest BCUT2D eigenvalue weighted by molar-refractivity contribution is 0.174. The van der Waals surface area contributed by atoms with Crippen molar-refractivity contribution in [2.45, 2.75) is 58.1 Å². The zero-order chi connectivity index (χ0) is 13.5. The molecular formula is C16H24FNO. The first-order valence-electron chi connectivity index (χ1n) is 7.46. The van der Waals surface area contributed by atoms with Crippen LogP contribution in [0.4, 0.5) is 4.39 Å². The van der Waals surface area contributed by atoms with E-state index >= 15 is 0 Å². The van der Waals surface area contributed by atoms with Gasteiger partial charge in [-0.3, -0.25) is 0 Å².